The van der Waals surface area contributed by atoms with Crippen molar-refractivity contribution in [2.45, 2.75) is 111 Å². The summed E-state index contributed by atoms with van der Waals surface area (Å²) in [6.45, 7) is 10.7. The number of imide groups is 1. The van der Waals surface area contributed by atoms with Gasteiger partial charge in [-0.1, -0.05) is 46.2 Å². The minimum absolute atomic E-state index is 0.0423. The monoisotopic (exact) mass is 825 g/mol. The average Bonchev–Trinajstić information content (AvgIpc) is 3.48. The molecule has 1 aromatic rings. The molecule has 0 spiro atoms. The van der Waals surface area contributed by atoms with Crippen molar-refractivity contribution in [2.75, 3.05) is 32.5 Å². The number of rotatable bonds is 25. The Morgan fingerprint density at radius 3 is 2.03 bits per heavy atom. The van der Waals surface area contributed by atoms with Crippen molar-refractivity contribution in [2.24, 2.45) is 29.4 Å². The van der Waals surface area contributed by atoms with E-state index in [1.165, 1.54) is 17.1 Å². The standard InChI is InChI=1S/C42H63N7O10/c1-26(2)31(39(56)48(7)8)24-33(51)42(5,6)47-41(58)59-25-28-15-17-30(18-16-28)45-38(55)29(13-12-21-44-40(43)57)23-32(50)37(27(3)4)46-34(52)14-10-9-11-22-49-35(53)19-20-36(49)54/h15-20,26-27,29,31,37H,9-14,21-25H2,1-8H3,(H,45,55)(H,46,52)(H,47,58)(H3,43,44,57)/t29-,31+,37+/m1/s1. The quantitative estimate of drug-likeness (QED) is 0.0709. The van der Waals surface area contributed by atoms with Gasteiger partial charge in [-0.25, -0.2) is 9.59 Å². The number of nitrogens with zero attached hydrogens (tertiary/aromatic N) is 2. The van der Waals surface area contributed by atoms with E-state index in [0.29, 0.717) is 36.9 Å². The zero-order valence-electron chi connectivity index (χ0n) is 35.7. The molecule has 0 saturated heterocycles. The van der Waals surface area contributed by atoms with Gasteiger partial charge in [0.05, 0.1) is 11.6 Å². The van der Waals surface area contributed by atoms with Crippen LogP contribution < -0.4 is 27.0 Å². The first-order valence-electron chi connectivity index (χ1n) is 20.1. The molecule has 0 fully saturated rings. The summed E-state index contributed by atoms with van der Waals surface area (Å²) in [5.74, 6) is -3.98. The number of urea groups is 1. The molecular weight excluding hydrogens is 763 g/mol. The van der Waals surface area contributed by atoms with Crippen molar-refractivity contribution in [1.29, 1.82) is 0 Å². The van der Waals surface area contributed by atoms with Gasteiger partial charge in [-0.05, 0) is 69.1 Å². The number of amides is 8. The van der Waals surface area contributed by atoms with E-state index in [2.05, 4.69) is 21.3 Å². The van der Waals surface area contributed by atoms with Crippen LogP contribution in [0, 0.1) is 23.7 Å². The van der Waals surface area contributed by atoms with E-state index in [1.807, 2.05) is 13.8 Å². The van der Waals surface area contributed by atoms with Crippen molar-refractivity contribution in [3.63, 3.8) is 0 Å². The molecule has 1 aliphatic rings. The molecule has 0 saturated carbocycles. The van der Waals surface area contributed by atoms with Crippen molar-refractivity contribution in [1.82, 2.24) is 25.8 Å². The first-order chi connectivity index (χ1) is 27.6. The number of alkyl carbamates (subject to hydrolysis) is 1. The first-order valence-corrected chi connectivity index (χ1v) is 20.1. The molecule has 8 amide bonds. The Kier molecular flexibility index (Phi) is 19.9. The Morgan fingerprint density at radius 2 is 1.47 bits per heavy atom. The van der Waals surface area contributed by atoms with E-state index >= 15 is 0 Å². The van der Waals surface area contributed by atoms with Crippen LogP contribution in [0.15, 0.2) is 36.4 Å². The number of benzene rings is 1. The molecule has 326 valence electrons. The van der Waals surface area contributed by atoms with E-state index in [4.69, 9.17) is 10.5 Å². The second-order valence-corrected chi connectivity index (χ2v) is 16.3. The fourth-order valence-electron chi connectivity index (χ4n) is 6.34. The predicted molar refractivity (Wildman–Crippen MR) is 220 cm³/mol. The summed E-state index contributed by atoms with van der Waals surface area (Å²) in [4.78, 5) is 116. The third-order valence-corrected chi connectivity index (χ3v) is 10.0. The normalized spacial score (nSPS) is 14.1. The van der Waals surface area contributed by atoms with Gasteiger partial charge in [0, 0.05) is 76.1 Å². The SMILES string of the molecule is CC(C)[C@H](CC(=O)C(C)(C)NC(=O)OCc1ccc(NC(=O)[C@H](CCCNC(N)=O)CC(=O)[C@@H](NC(=O)CCCCCN2C(=O)C=CC2=O)C(C)C)cc1)C(=O)N(C)C. The largest absolute Gasteiger partial charge is 0.445 e. The maximum atomic E-state index is 13.6. The zero-order chi connectivity index (χ0) is 44.4. The number of primary amides is 1. The smallest absolute Gasteiger partial charge is 0.408 e. The second-order valence-electron chi connectivity index (χ2n) is 16.3. The number of ketones is 2. The summed E-state index contributed by atoms with van der Waals surface area (Å²) < 4.78 is 5.36. The van der Waals surface area contributed by atoms with Gasteiger partial charge in [0.15, 0.2) is 11.6 Å². The molecule has 3 atom stereocenters. The topological polar surface area (TPSA) is 243 Å². The molecule has 1 aromatic carbocycles. The van der Waals surface area contributed by atoms with Gasteiger partial charge in [-0.3, -0.25) is 38.5 Å². The highest BCUT2D eigenvalue weighted by molar-refractivity contribution is 6.12. The van der Waals surface area contributed by atoms with Crippen LogP contribution in [0.2, 0.25) is 0 Å². The fraction of sp³-hybridized carbons (Fsp3) is 0.595. The summed E-state index contributed by atoms with van der Waals surface area (Å²) in [6.07, 6.45) is 3.76. The Morgan fingerprint density at radius 1 is 0.847 bits per heavy atom. The summed E-state index contributed by atoms with van der Waals surface area (Å²) in [7, 11) is 3.26. The molecule has 2 rings (SSSR count). The van der Waals surface area contributed by atoms with E-state index < -0.39 is 41.4 Å². The summed E-state index contributed by atoms with van der Waals surface area (Å²) >= 11 is 0. The first kappa shape index (κ1) is 49.5. The Hall–Kier alpha value is -5.61. The van der Waals surface area contributed by atoms with Crippen LogP contribution in [-0.2, 0) is 44.9 Å². The van der Waals surface area contributed by atoms with E-state index in [0.717, 1.165) is 4.90 Å². The highest BCUT2D eigenvalue weighted by Gasteiger charge is 2.35. The molecule has 6 N–H and O–H groups in total. The summed E-state index contributed by atoms with van der Waals surface area (Å²) in [6, 6.07) is 4.94. The number of carbonyl (C=O) groups is 9. The number of Topliss-reactive ketones (excluding diaryl/α,β-unsaturated/α-hetero) is 2. The number of carbonyl (C=O) groups excluding carboxylic acids is 9. The molecule has 17 heteroatoms. The maximum Gasteiger partial charge on any atom is 0.408 e. The summed E-state index contributed by atoms with van der Waals surface area (Å²) in [5.41, 5.74) is 4.89. The van der Waals surface area contributed by atoms with Crippen molar-refractivity contribution < 1.29 is 47.9 Å². The third-order valence-electron chi connectivity index (χ3n) is 10.0. The minimum Gasteiger partial charge on any atom is -0.445 e. The number of hydrogen-bond donors (Lipinski definition) is 5. The van der Waals surface area contributed by atoms with Gasteiger partial charge < -0.3 is 36.6 Å². The molecule has 0 bridgehead atoms. The summed E-state index contributed by atoms with van der Waals surface area (Å²) in [5, 5.41) is 10.7. The number of nitrogens with two attached hydrogens (primary N) is 1. The molecule has 59 heavy (non-hydrogen) atoms. The van der Waals surface area contributed by atoms with E-state index in [1.54, 1.807) is 66.1 Å². The molecule has 0 unspecified atom stereocenters. The van der Waals surface area contributed by atoms with Gasteiger partial charge in [0.25, 0.3) is 11.8 Å². The fourth-order valence-corrected chi connectivity index (χ4v) is 6.34. The molecule has 0 radical (unpaired) electrons. The Bertz CT molecular complexity index is 1690. The highest BCUT2D eigenvalue weighted by Crippen LogP contribution is 2.23. The second kappa shape index (κ2) is 23.7. The van der Waals surface area contributed by atoms with Crippen LogP contribution in [0.25, 0.3) is 0 Å². The van der Waals surface area contributed by atoms with Crippen molar-refractivity contribution >= 4 is 58.9 Å². The Labute approximate surface area is 347 Å². The molecular formula is C42H63N7O10. The van der Waals surface area contributed by atoms with Crippen LogP contribution in [0.3, 0.4) is 0 Å². The lowest BCUT2D eigenvalue weighted by atomic mass is 9.84. The van der Waals surface area contributed by atoms with Gasteiger partial charge in [0.2, 0.25) is 17.7 Å². The number of anilines is 1. The molecule has 1 aliphatic heterocycles. The lowest BCUT2D eigenvalue weighted by Crippen LogP contribution is -2.51. The van der Waals surface area contributed by atoms with Crippen LogP contribution >= 0.6 is 0 Å². The minimum atomic E-state index is -1.29. The van der Waals surface area contributed by atoms with Gasteiger partial charge in [0.1, 0.15) is 6.61 Å². The van der Waals surface area contributed by atoms with Crippen molar-refractivity contribution in [3.05, 3.63) is 42.0 Å². The zero-order valence-corrected chi connectivity index (χ0v) is 35.7. The van der Waals surface area contributed by atoms with E-state index in [-0.39, 0.29) is 92.4 Å². The van der Waals surface area contributed by atoms with Crippen LogP contribution in [0.5, 0.6) is 0 Å². The molecule has 1 heterocycles. The van der Waals surface area contributed by atoms with E-state index in [9.17, 15) is 43.2 Å². The third kappa shape index (κ3) is 17.0. The van der Waals surface area contributed by atoms with Crippen LogP contribution in [0.4, 0.5) is 15.3 Å². The number of hydrogen-bond acceptors (Lipinski definition) is 10. The maximum absolute atomic E-state index is 13.6. The van der Waals surface area contributed by atoms with Gasteiger partial charge in [-0.2, -0.15) is 0 Å². The number of unbranched alkanes of at least 4 members (excludes halogenated alkanes) is 2. The molecule has 0 aliphatic carbocycles. The number of ether oxygens (including phenoxy) is 1. The highest BCUT2D eigenvalue weighted by atomic mass is 16.5. The van der Waals surface area contributed by atoms with Crippen LogP contribution in [0.1, 0.15) is 98.5 Å². The lowest BCUT2D eigenvalue weighted by molar-refractivity contribution is -0.138. The van der Waals surface area contributed by atoms with Gasteiger partial charge >= 0.3 is 12.1 Å². The lowest BCUT2D eigenvalue weighted by Gasteiger charge is -2.29. The number of nitrogens with one attached hydrogen (secondary N) is 4. The van der Waals surface area contributed by atoms with Gasteiger partial charge in [-0.15, -0.1) is 0 Å². The van der Waals surface area contributed by atoms with Crippen LogP contribution in [-0.4, -0.2) is 102 Å². The average molecular weight is 826 g/mol. The molecule has 17 nitrogen and oxygen atoms in total. The molecule has 0 aromatic heterocycles. The Balaban J connectivity index is 1.97. The van der Waals surface area contributed by atoms with Crippen molar-refractivity contribution in [3.8, 4) is 0 Å². The predicted octanol–water partition coefficient (Wildman–Crippen LogP) is 3.60.